The van der Waals surface area contributed by atoms with Gasteiger partial charge in [-0.05, 0) is 37.7 Å². The Labute approximate surface area is 109 Å². The zero-order valence-corrected chi connectivity index (χ0v) is 11.5. The van der Waals surface area contributed by atoms with Crippen molar-refractivity contribution >= 4 is 0 Å². The zero-order chi connectivity index (χ0) is 13.2. The predicted molar refractivity (Wildman–Crippen MR) is 72.3 cm³/mol. The minimum Gasteiger partial charge on any atom is -0.388 e. The summed E-state index contributed by atoms with van der Waals surface area (Å²) in [6, 6.07) is 2.48. The van der Waals surface area contributed by atoms with E-state index in [4.69, 9.17) is 5.73 Å². The first-order chi connectivity index (χ1) is 8.62. The van der Waals surface area contributed by atoms with Crippen molar-refractivity contribution in [3.63, 3.8) is 0 Å². The lowest BCUT2D eigenvalue weighted by Crippen LogP contribution is -2.42. The van der Waals surface area contributed by atoms with Gasteiger partial charge in [0.05, 0.1) is 17.3 Å². The first-order valence-electron chi connectivity index (χ1n) is 7.09. The highest BCUT2D eigenvalue weighted by Crippen LogP contribution is 2.40. The van der Waals surface area contributed by atoms with E-state index >= 15 is 0 Å². The molecule has 1 atom stereocenters. The van der Waals surface area contributed by atoms with Gasteiger partial charge in [-0.1, -0.05) is 13.8 Å². The van der Waals surface area contributed by atoms with Gasteiger partial charge < -0.3 is 10.8 Å². The van der Waals surface area contributed by atoms with Gasteiger partial charge in [0.1, 0.15) is 0 Å². The van der Waals surface area contributed by atoms with E-state index in [0.29, 0.717) is 24.9 Å². The summed E-state index contributed by atoms with van der Waals surface area (Å²) in [5.74, 6) is 0.376. The van der Waals surface area contributed by atoms with E-state index in [0.717, 1.165) is 31.4 Å². The second-order valence-corrected chi connectivity index (χ2v) is 5.52. The van der Waals surface area contributed by atoms with Crippen LogP contribution in [0.15, 0.2) is 12.3 Å². The predicted octanol–water partition coefficient (Wildman–Crippen LogP) is 1.89. The molecule has 1 fully saturated rings. The van der Waals surface area contributed by atoms with Crippen molar-refractivity contribution in [3.8, 4) is 0 Å². The van der Waals surface area contributed by atoms with Crippen LogP contribution in [0.25, 0.3) is 0 Å². The summed E-state index contributed by atoms with van der Waals surface area (Å²) >= 11 is 0. The van der Waals surface area contributed by atoms with Crippen molar-refractivity contribution in [3.05, 3.63) is 18.0 Å². The standard InChI is InChI=1S/C14H25N3O/c1-3-13(4-2)17-8-7-12(16-17)9-14(18,10-15)11-5-6-11/h7-8,11,13,18H,3-6,9-10,15H2,1-2H3. The van der Waals surface area contributed by atoms with Gasteiger partial charge in [-0.15, -0.1) is 0 Å². The molecular formula is C14H25N3O. The van der Waals surface area contributed by atoms with Crippen LogP contribution >= 0.6 is 0 Å². The molecule has 1 unspecified atom stereocenters. The maximum absolute atomic E-state index is 10.5. The largest absolute Gasteiger partial charge is 0.388 e. The van der Waals surface area contributed by atoms with Crippen LogP contribution < -0.4 is 5.73 Å². The van der Waals surface area contributed by atoms with E-state index in [2.05, 4.69) is 18.9 Å². The van der Waals surface area contributed by atoms with Gasteiger partial charge in [0.25, 0.3) is 0 Å². The summed E-state index contributed by atoms with van der Waals surface area (Å²) in [7, 11) is 0. The lowest BCUT2D eigenvalue weighted by molar-refractivity contribution is 0.0256. The highest BCUT2D eigenvalue weighted by Gasteiger charge is 2.43. The summed E-state index contributed by atoms with van der Waals surface area (Å²) in [6.07, 6.45) is 6.98. The Morgan fingerprint density at radius 1 is 1.50 bits per heavy atom. The van der Waals surface area contributed by atoms with E-state index < -0.39 is 5.60 Å². The average molecular weight is 251 g/mol. The summed E-state index contributed by atoms with van der Waals surface area (Å²) in [5, 5.41) is 15.1. The minimum absolute atomic E-state index is 0.329. The van der Waals surface area contributed by atoms with E-state index in [1.807, 2.05) is 16.9 Å². The Morgan fingerprint density at radius 2 is 2.17 bits per heavy atom. The number of nitrogens with zero attached hydrogens (tertiary/aromatic N) is 2. The van der Waals surface area contributed by atoms with Gasteiger partial charge in [0.2, 0.25) is 0 Å². The molecule has 2 rings (SSSR count). The van der Waals surface area contributed by atoms with Gasteiger partial charge in [0.15, 0.2) is 0 Å². The quantitative estimate of drug-likeness (QED) is 0.778. The topological polar surface area (TPSA) is 64.1 Å². The Morgan fingerprint density at radius 3 is 2.67 bits per heavy atom. The van der Waals surface area contributed by atoms with Crippen LogP contribution in [0.2, 0.25) is 0 Å². The number of nitrogens with two attached hydrogens (primary N) is 1. The maximum atomic E-state index is 10.5. The van der Waals surface area contributed by atoms with Gasteiger partial charge in [-0.2, -0.15) is 5.10 Å². The fourth-order valence-corrected chi connectivity index (χ4v) is 2.66. The minimum atomic E-state index is -0.743. The Hall–Kier alpha value is -0.870. The van der Waals surface area contributed by atoms with Gasteiger partial charge >= 0.3 is 0 Å². The molecule has 0 amide bonds. The molecule has 0 spiro atoms. The zero-order valence-electron chi connectivity index (χ0n) is 11.5. The van der Waals surface area contributed by atoms with Crippen molar-refractivity contribution < 1.29 is 5.11 Å². The molecule has 0 saturated heterocycles. The summed E-state index contributed by atoms with van der Waals surface area (Å²) < 4.78 is 2.03. The molecule has 18 heavy (non-hydrogen) atoms. The van der Waals surface area contributed by atoms with Crippen LogP contribution in [-0.4, -0.2) is 27.0 Å². The van der Waals surface area contributed by atoms with Crippen LogP contribution in [-0.2, 0) is 6.42 Å². The molecule has 1 aliphatic carbocycles. The number of hydrogen-bond acceptors (Lipinski definition) is 3. The third kappa shape index (κ3) is 2.75. The molecule has 3 N–H and O–H groups in total. The maximum Gasteiger partial charge on any atom is 0.0853 e. The molecule has 4 heteroatoms. The molecule has 1 heterocycles. The van der Waals surface area contributed by atoms with Gasteiger partial charge in [-0.25, -0.2) is 0 Å². The Kier molecular flexibility index (Phi) is 4.07. The van der Waals surface area contributed by atoms with Crippen molar-refractivity contribution in [1.82, 2.24) is 9.78 Å². The van der Waals surface area contributed by atoms with Crippen LogP contribution in [0, 0.1) is 5.92 Å². The van der Waals surface area contributed by atoms with Crippen molar-refractivity contribution in [1.29, 1.82) is 0 Å². The third-order valence-electron chi connectivity index (χ3n) is 4.16. The number of aromatic nitrogens is 2. The van der Waals surface area contributed by atoms with E-state index in [1.54, 1.807) is 0 Å². The van der Waals surface area contributed by atoms with Crippen molar-refractivity contribution in [2.75, 3.05) is 6.54 Å². The third-order valence-corrected chi connectivity index (χ3v) is 4.16. The van der Waals surface area contributed by atoms with Crippen LogP contribution in [0.5, 0.6) is 0 Å². The average Bonchev–Trinajstić information content (AvgIpc) is 3.14. The smallest absolute Gasteiger partial charge is 0.0853 e. The molecule has 102 valence electrons. The summed E-state index contributed by atoms with van der Waals surface area (Å²) in [6.45, 7) is 4.68. The number of rotatable bonds is 7. The fourth-order valence-electron chi connectivity index (χ4n) is 2.66. The SMILES string of the molecule is CCC(CC)n1ccc(CC(O)(CN)C2CC2)n1. The molecule has 0 radical (unpaired) electrons. The summed E-state index contributed by atoms with van der Waals surface area (Å²) in [5.41, 5.74) is 5.95. The molecule has 1 aromatic heterocycles. The highest BCUT2D eigenvalue weighted by atomic mass is 16.3. The van der Waals surface area contributed by atoms with Crippen molar-refractivity contribution in [2.45, 2.75) is 57.6 Å². The van der Waals surface area contributed by atoms with Crippen LogP contribution in [0.3, 0.4) is 0 Å². The first-order valence-corrected chi connectivity index (χ1v) is 7.09. The number of hydrogen-bond donors (Lipinski definition) is 2. The normalized spacial score (nSPS) is 19.2. The van der Waals surface area contributed by atoms with Gasteiger partial charge in [-0.3, -0.25) is 4.68 Å². The van der Waals surface area contributed by atoms with E-state index in [9.17, 15) is 5.11 Å². The van der Waals surface area contributed by atoms with Crippen molar-refractivity contribution in [2.24, 2.45) is 11.7 Å². The first kappa shape index (κ1) is 13.6. The van der Waals surface area contributed by atoms with Crippen LogP contribution in [0.4, 0.5) is 0 Å². The molecule has 0 aliphatic heterocycles. The molecule has 1 aliphatic rings. The Bertz CT molecular complexity index is 382. The van der Waals surface area contributed by atoms with E-state index in [-0.39, 0.29) is 0 Å². The monoisotopic (exact) mass is 251 g/mol. The second kappa shape index (κ2) is 5.41. The van der Waals surface area contributed by atoms with E-state index in [1.165, 1.54) is 0 Å². The lowest BCUT2D eigenvalue weighted by atomic mass is 9.92. The number of aliphatic hydroxyl groups is 1. The fraction of sp³-hybridized carbons (Fsp3) is 0.786. The molecule has 0 aromatic carbocycles. The van der Waals surface area contributed by atoms with Crippen LogP contribution in [0.1, 0.15) is 51.3 Å². The molecule has 1 aromatic rings. The Balaban J connectivity index is 2.05. The molecule has 4 nitrogen and oxygen atoms in total. The van der Waals surface area contributed by atoms with Gasteiger partial charge in [0, 0.05) is 19.2 Å². The molecule has 0 bridgehead atoms. The molecular weight excluding hydrogens is 226 g/mol. The lowest BCUT2D eigenvalue weighted by Gasteiger charge is -2.25. The molecule has 1 saturated carbocycles. The highest BCUT2D eigenvalue weighted by molar-refractivity contribution is 5.08. The second-order valence-electron chi connectivity index (χ2n) is 5.52. The summed E-state index contributed by atoms with van der Waals surface area (Å²) in [4.78, 5) is 0.